The van der Waals surface area contributed by atoms with E-state index in [1.165, 1.54) is 11.3 Å². The summed E-state index contributed by atoms with van der Waals surface area (Å²) in [6.07, 6.45) is 1.14. The first-order chi connectivity index (χ1) is 8.72. The summed E-state index contributed by atoms with van der Waals surface area (Å²) in [4.78, 5) is 4.81. The van der Waals surface area contributed by atoms with E-state index in [9.17, 15) is 0 Å². The van der Waals surface area contributed by atoms with Gasteiger partial charge in [-0.05, 0) is 38.0 Å². The molecule has 0 aromatic heterocycles. The predicted molar refractivity (Wildman–Crippen MR) is 77.9 cm³/mol. The molecule has 3 heteroatoms. The Morgan fingerprint density at radius 3 is 2.39 bits per heavy atom. The van der Waals surface area contributed by atoms with Crippen LogP contribution in [-0.2, 0) is 6.54 Å². The van der Waals surface area contributed by atoms with E-state index in [-0.39, 0.29) is 0 Å². The van der Waals surface area contributed by atoms with Crippen LogP contribution >= 0.6 is 0 Å². The molecule has 0 spiro atoms. The summed E-state index contributed by atoms with van der Waals surface area (Å²) in [5, 5.41) is 0. The SMILES string of the molecule is CCN(CC)c1ccc(CN2CCC(N)C2)cc1. The van der Waals surface area contributed by atoms with Gasteiger partial charge in [0.2, 0.25) is 0 Å². The smallest absolute Gasteiger partial charge is 0.0366 e. The van der Waals surface area contributed by atoms with Crippen molar-refractivity contribution in [3.8, 4) is 0 Å². The van der Waals surface area contributed by atoms with Gasteiger partial charge in [-0.15, -0.1) is 0 Å². The first-order valence-corrected chi connectivity index (χ1v) is 7.04. The lowest BCUT2D eigenvalue weighted by Crippen LogP contribution is -2.26. The van der Waals surface area contributed by atoms with Crippen molar-refractivity contribution in [2.24, 2.45) is 5.73 Å². The van der Waals surface area contributed by atoms with Gasteiger partial charge in [0.1, 0.15) is 0 Å². The summed E-state index contributed by atoms with van der Waals surface area (Å²) in [6, 6.07) is 9.34. The maximum atomic E-state index is 5.93. The van der Waals surface area contributed by atoms with E-state index in [2.05, 4.69) is 47.9 Å². The number of rotatable bonds is 5. The van der Waals surface area contributed by atoms with Crippen molar-refractivity contribution in [1.82, 2.24) is 4.90 Å². The Balaban J connectivity index is 1.95. The van der Waals surface area contributed by atoms with Crippen molar-refractivity contribution < 1.29 is 0 Å². The van der Waals surface area contributed by atoms with Gasteiger partial charge in [0, 0.05) is 44.5 Å². The van der Waals surface area contributed by atoms with Crippen molar-refractivity contribution in [3.63, 3.8) is 0 Å². The molecular weight excluding hydrogens is 222 g/mol. The Morgan fingerprint density at radius 1 is 1.22 bits per heavy atom. The number of likely N-dealkylation sites (tertiary alicyclic amines) is 1. The molecule has 1 fully saturated rings. The van der Waals surface area contributed by atoms with Gasteiger partial charge < -0.3 is 10.6 Å². The Labute approximate surface area is 111 Å². The van der Waals surface area contributed by atoms with Crippen molar-refractivity contribution in [3.05, 3.63) is 29.8 Å². The molecule has 0 radical (unpaired) electrons. The van der Waals surface area contributed by atoms with E-state index in [1.807, 2.05) is 0 Å². The highest BCUT2D eigenvalue weighted by molar-refractivity contribution is 5.47. The number of anilines is 1. The largest absolute Gasteiger partial charge is 0.372 e. The Hall–Kier alpha value is -1.06. The van der Waals surface area contributed by atoms with E-state index < -0.39 is 0 Å². The minimum Gasteiger partial charge on any atom is -0.372 e. The summed E-state index contributed by atoms with van der Waals surface area (Å²) in [5.41, 5.74) is 8.64. The summed E-state index contributed by atoms with van der Waals surface area (Å²) >= 11 is 0. The number of hydrogen-bond acceptors (Lipinski definition) is 3. The van der Waals surface area contributed by atoms with Crippen LogP contribution in [0.1, 0.15) is 25.8 Å². The lowest BCUT2D eigenvalue weighted by atomic mass is 10.2. The maximum Gasteiger partial charge on any atom is 0.0366 e. The molecule has 0 bridgehead atoms. The fraction of sp³-hybridized carbons (Fsp3) is 0.600. The third-order valence-corrected chi connectivity index (χ3v) is 3.78. The Morgan fingerprint density at radius 2 is 1.89 bits per heavy atom. The maximum absolute atomic E-state index is 5.93. The molecule has 1 atom stereocenters. The molecule has 0 aliphatic carbocycles. The molecule has 1 aliphatic heterocycles. The third kappa shape index (κ3) is 3.24. The molecule has 2 rings (SSSR count). The Kier molecular flexibility index (Phi) is 4.61. The molecule has 0 amide bonds. The lowest BCUT2D eigenvalue weighted by molar-refractivity contribution is 0.327. The zero-order valence-electron chi connectivity index (χ0n) is 11.6. The Bertz CT molecular complexity index is 357. The van der Waals surface area contributed by atoms with Crippen LogP contribution in [-0.4, -0.2) is 37.1 Å². The number of benzene rings is 1. The van der Waals surface area contributed by atoms with Gasteiger partial charge in [0.25, 0.3) is 0 Å². The van der Waals surface area contributed by atoms with Crippen molar-refractivity contribution >= 4 is 5.69 Å². The zero-order chi connectivity index (χ0) is 13.0. The highest BCUT2D eigenvalue weighted by atomic mass is 15.2. The van der Waals surface area contributed by atoms with Crippen LogP contribution in [0.25, 0.3) is 0 Å². The zero-order valence-corrected chi connectivity index (χ0v) is 11.6. The van der Waals surface area contributed by atoms with E-state index in [0.717, 1.165) is 39.1 Å². The monoisotopic (exact) mass is 247 g/mol. The van der Waals surface area contributed by atoms with E-state index >= 15 is 0 Å². The summed E-state index contributed by atoms with van der Waals surface area (Å²) in [5.74, 6) is 0. The van der Waals surface area contributed by atoms with Gasteiger partial charge in [-0.25, -0.2) is 0 Å². The highest BCUT2D eigenvalue weighted by Crippen LogP contribution is 2.17. The molecule has 1 saturated heterocycles. The fourth-order valence-corrected chi connectivity index (χ4v) is 2.67. The normalized spacial score (nSPS) is 20.3. The van der Waals surface area contributed by atoms with E-state index in [4.69, 9.17) is 5.73 Å². The first kappa shape index (κ1) is 13.4. The standard InChI is InChI=1S/C15H25N3/c1-3-18(4-2)15-7-5-13(6-8-15)11-17-10-9-14(16)12-17/h5-8,14H,3-4,9-12,16H2,1-2H3. The number of nitrogens with two attached hydrogens (primary N) is 1. The molecule has 0 saturated carbocycles. The second kappa shape index (κ2) is 6.21. The average molecular weight is 247 g/mol. The molecule has 100 valence electrons. The van der Waals surface area contributed by atoms with Crippen molar-refractivity contribution in [1.29, 1.82) is 0 Å². The lowest BCUT2D eigenvalue weighted by Gasteiger charge is -2.21. The van der Waals surface area contributed by atoms with Crippen LogP contribution in [0.5, 0.6) is 0 Å². The molecule has 2 N–H and O–H groups in total. The number of hydrogen-bond donors (Lipinski definition) is 1. The summed E-state index contributed by atoms with van der Waals surface area (Å²) < 4.78 is 0. The van der Waals surface area contributed by atoms with Gasteiger partial charge in [-0.1, -0.05) is 12.1 Å². The second-order valence-electron chi connectivity index (χ2n) is 5.12. The van der Waals surface area contributed by atoms with Gasteiger partial charge in [0.15, 0.2) is 0 Å². The van der Waals surface area contributed by atoms with Crippen LogP contribution in [0.3, 0.4) is 0 Å². The van der Waals surface area contributed by atoms with Crippen molar-refractivity contribution in [2.45, 2.75) is 32.9 Å². The quantitative estimate of drug-likeness (QED) is 0.864. The molecule has 1 unspecified atom stereocenters. The summed E-state index contributed by atoms with van der Waals surface area (Å²) in [7, 11) is 0. The molecule has 1 aromatic rings. The molecule has 3 nitrogen and oxygen atoms in total. The van der Waals surface area contributed by atoms with Crippen molar-refractivity contribution in [2.75, 3.05) is 31.1 Å². The predicted octanol–water partition coefficient (Wildman–Crippen LogP) is 2.07. The van der Waals surface area contributed by atoms with Crippen LogP contribution < -0.4 is 10.6 Å². The minimum atomic E-state index is 0.375. The van der Waals surface area contributed by atoms with Gasteiger partial charge >= 0.3 is 0 Å². The molecule has 1 heterocycles. The van der Waals surface area contributed by atoms with E-state index in [1.54, 1.807) is 0 Å². The van der Waals surface area contributed by atoms with Crippen LogP contribution in [0, 0.1) is 0 Å². The summed E-state index contributed by atoms with van der Waals surface area (Å²) in [6.45, 7) is 9.74. The third-order valence-electron chi connectivity index (χ3n) is 3.78. The average Bonchev–Trinajstić information content (AvgIpc) is 2.78. The molecule has 1 aromatic carbocycles. The highest BCUT2D eigenvalue weighted by Gasteiger charge is 2.18. The van der Waals surface area contributed by atoms with Gasteiger partial charge in [-0.3, -0.25) is 4.90 Å². The minimum absolute atomic E-state index is 0.375. The molecular formula is C15H25N3. The van der Waals surface area contributed by atoms with Gasteiger partial charge in [0.05, 0.1) is 0 Å². The van der Waals surface area contributed by atoms with E-state index in [0.29, 0.717) is 6.04 Å². The second-order valence-corrected chi connectivity index (χ2v) is 5.12. The number of nitrogens with zero attached hydrogens (tertiary/aromatic N) is 2. The fourth-order valence-electron chi connectivity index (χ4n) is 2.67. The van der Waals surface area contributed by atoms with Gasteiger partial charge in [-0.2, -0.15) is 0 Å². The van der Waals surface area contributed by atoms with Crippen LogP contribution in [0.4, 0.5) is 5.69 Å². The van der Waals surface area contributed by atoms with Crippen LogP contribution in [0.2, 0.25) is 0 Å². The topological polar surface area (TPSA) is 32.5 Å². The molecule has 1 aliphatic rings. The molecule has 18 heavy (non-hydrogen) atoms. The first-order valence-electron chi connectivity index (χ1n) is 7.04. The van der Waals surface area contributed by atoms with Crippen LogP contribution in [0.15, 0.2) is 24.3 Å².